The average molecular weight is 324 g/mol. The second-order valence-electron chi connectivity index (χ2n) is 5.42. The van der Waals surface area contributed by atoms with Crippen molar-refractivity contribution in [3.8, 4) is 0 Å². The van der Waals surface area contributed by atoms with Gasteiger partial charge in [0.05, 0.1) is 6.04 Å². The van der Waals surface area contributed by atoms with Gasteiger partial charge in [-0.05, 0) is 63.2 Å². The van der Waals surface area contributed by atoms with Crippen LogP contribution in [0.25, 0.3) is 0 Å². The van der Waals surface area contributed by atoms with E-state index in [4.69, 9.17) is 5.73 Å². The number of carbonyl (C=O) groups is 1. The number of hydrogen-bond acceptors (Lipinski definition) is 4. The molecule has 120 valence electrons. The Labute approximate surface area is 134 Å². The molecule has 0 aromatic carbocycles. The molecule has 1 rings (SSSR count). The van der Waals surface area contributed by atoms with Crippen LogP contribution in [0.4, 0.5) is 0 Å². The van der Waals surface area contributed by atoms with Crippen molar-refractivity contribution in [1.29, 1.82) is 0 Å². The van der Waals surface area contributed by atoms with Gasteiger partial charge in [0.25, 0.3) is 0 Å². The number of nitrogens with zero attached hydrogens (tertiary/aromatic N) is 1. The molecule has 1 heterocycles. The van der Waals surface area contributed by atoms with E-state index in [2.05, 4.69) is 17.1 Å². The molecule has 1 aliphatic heterocycles. The van der Waals surface area contributed by atoms with Crippen LogP contribution < -0.4 is 11.1 Å². The number of thioether (sulfide) groups is 1. The number of hydrogen-bond donors (Lipinski definition) is 2. The summed E-state index contributed by atoms with van der Waals surface area (Å²) < 4.78 is 0. The van der Waals surface area contributed by atoms with Gasteiger partial charge in [0.1, 0.15) is 0 Å². The van der Waals surface area contributed by atoms with Gasteiger partial charge < -0.3 is 16.0 Å². The Hall–Kier alpha value is 0.0300. The highest BCUT2D eigenvalue weighted by Crippen LogP contribution is 2.16. The maximum Gasteiger partial charge on any atom is 0.236 e. The lowest BCUT2D eigenvalue weighted by molar-refractivity contribution is -0.122. The van der Waals surface area contributed by atoms with E-state index in [9.17, 15) is 4.79 Å². The Morgan fingerprint density at radius 2 is 2.10 bits per heavy atom. The summed E-state index contributed by atoms with van der Waals surface area (Å²) in [4.78, 5) is 14.3. The summed E-state index contributed by atoms with van der Waals surface area (Å²) in [6, 6.07) is -0.340. The van der Waals surface area contributed by atoms with E-state index in [1.807, 2.05) is 6.26 Å². The predicted octanol–water partition coefficient (Wildman–Crippen LogP) is 1.73. The molecule has 20 heavy (non-hydrogen) atoms. The highest BCUT2D eigenvalue weighted by Gasteiger charge is 2.20. The molecule has 0 spiro atoms. The number of halogens is 1. The van der Waals surface area contributed by atoms with Crippen molar-refractivity contribution in [1.82, 2.24) is 10.2 Å². The topological polar surface area (TPSA) is 58.4 Å². The summed E-state index contributed by atoms with van der Waals surface area (Å²) in [5, 5.41) is 3.02. The molecule has 1 atom stereocenters. The fourth-order valence-electron chi connectivity index (χ4n) is 2.48. The minimum atomic E-state index is -0.340. The van der Waals surface area contributed by atoms with Crippen LogP contribution in [0.3, 0.4) is 0 Å². The van der Waals surface area contributed by atoms with Gasteiger partial charge >= 0.3 is 0 Å². The monoisotopic (exact) mass is 323 g/mol. The number of piperidine rings is 1. The first-order valence-electron chi connectivity index (χ1n) is 7.42. The SMILES string of the molecule is CCCN1CCC(CNC(=O)[C@@H](N)CCSC)CC1.Cl. The third kappa shape index (κ3) is 7.72. The normalized spacial score (nSPS) is 18.4. The van der Waals surface area contributed by atoms with Crippen LogP contribution in [0.5, 0.6) is 0 Å². The number of amides is 1. The summed E-state index contributed by atoms with van der Waals surface area (Å²) in [6.45, 7) is 6.58. The van der Waals surface area contributed by atoms with Crippen LogP contribution in [-0.4, -0.2) is 55.0 Å². The zero-order valence-electron chi connectivity index (χ0n) is 12.8. The number of carbonyl (C=O) groups excluding carboxylic acids is 1. The van der Waals surface area contributed by atoms with E-state index < -0.39 is 0 Å². The van der Waals surface area contributed by atoms with E-state index in [1.54, 1.807) is 11.8 Å². The van der Waals surface area contributed by atoms with E-state index in [-0.39, 0.29) is 24.4 Å². The molecule has 4 nitrogen and oxygen atoms in total. The molecule has 0 aromatic rings. The highest BCUT2D eigenvalue weighted by atomic mass is 35.5. The number of likely N-dealkylation sites (tertiary alicyclic amines) is 1. The first-order valence-corrected chi connectivity index (χ1v) is 8.81. The van der Waals surface area contributed by atoms with Crippen LogP contribution in [0.15, 0.2) is 0 Å². The Kier molecular flexibility index (Phi) is 11.7. The minimum Gasteiger partial charge on any atom is -0.354 e. The number of nitrogens with two attached hydrogens (primary N) is 1. The van der Waals surface area contributed by atoms with Crippen LogP contribution in [0.1, 0.15) is 32.6 Å². The van der Waals surface area contributed by atoms with Gasteiger partial charge in [-0.15, -0.1) is 12.4 Å². The van der Waals surface area contributed by atoms with Gasteiger partial charge in [-0.1, -0.05) is 6.92 Å². The Balaban J connectivity index is 0.00000361. The molecule has 0 saturated carbocycles. The lowest BCUT2D eigenvalue weighted by Gasteiger charge is -2.31. The molecule has 1 fully saturated rings. The van der Waals surface area contributed by atoms with Crippen molar-refractivity contribution in [3.63, 3.8) is 0 Å². The molecule has 1 amide bonds. The Morgan fingerprint density at radius 1 is 1.45 bits per heavy atom. The van der Waals surface area contributed by atoms with Crippen LogP contribution in [0, 0.1) is 5.92 Å². The lowest BCUT2D eigenvalue weighted by atomic mass is 9.96. The van der Waals surface area contributed by atoms with E-state index in [1.165, 1.54) is 38.9 Å². The molecule has 3 N–H and O–H groups in total. The quantitative estimate of drug-likeness (QED) is 0.714. The van der Waals surface area contributed by atoms with Crippen molar-refractivity contribution in [2.45, 2.75) is 38.6 Å². The van der Waals surface area contributed by atoms with Crippen molar-refractivity contribution in [3.05, 3.63) is 0 Å². The lowest BCUT2D eigenvalue weighted by Crippen LogP contribution is -2.44. The van der Waals surface area contributed by atoms with Gasteiger partial charge in [0, 0.05) is 6.54 Å². The number of rotatable bonds is 8. The molecule has 0 aliphatic carbocycles. The van der Waals surface area contributed by atoms with E-state index in [0.29, 0.717) is 5.92 Å². The minimum absolute atomic E-state index is 0. The fourth-order valence-corrected chi connectivity index (χ4v) is 2.97. The summed E-state index contributed by atoms with van der Waals surface area (Å²) in [5.41, 5.74) is 5.85. The average Bonchev–Trinajstić information content (AvgIpc) is 2.44. The Morgan fingerprint density at radius 3 is 2.65 bits per heavy atom. The third-order valence-corrected chi connectivity index (χ3v) is 4.43. The molecule has 6 heteroatoms. The third-order valence-electron chi connectivity index (χ3n) is 3.78. The zero-order chi connectivity index (χ0) is 14.1. The molecule has 0 radical (unpaired) electrons. The molecular weight excluding hydrogens is 294 g/mol. The zero-order valence-corrected chi connectivity index (χ0v) is 14.4. The van der Waals surface area contributed by atoms with E-state index in [0.717, 1.165) is 18.7 Å². The van der Waals surface area contributed by atoms with Crippen LogP contribution >= 0.6 is 24.2 Å². The number of nitrogens with one attached hydrogen (secondary N) is 1. The largest absolute Gasteiger partial charge is 0.354 e. The van der Waals surface area contributed by atoms with E-state index >= 15 is 0 Å². The second kappa shape index (κ2) is 11.7. The summed E-state index contributed by atoms with van der Waals surface area (Å²) >= 11 is 1.73. The van der Waals surface area contributed by atoms with Crippen molar-refractivity contribution < 1.29 is 4.79 Å². The van der Waals surface area contributed by atoms with Gasteiger partial charge in [-0.25, -0.2) is 0 Å². The second-order valence-corrected chi connectivity index (χ2v) is 6.40. The molecule has 0 unspecified atom stereocenters. The maximum absolute atomic E-state index is 11.8. The first-order chi connectivity index (χ1) is 9.17. The molecule has 1 aliphatic rings. The fraction of sp³-hybridized carbons (Fsp3) is 0.929. The maximum atomic E-state index is 11.8. The predicted molar refractivity (Wildman–Crippen MR) is 90.7 cm³/mol. The van der Waals surface area contributed by atoms with Gasteiger partial charge in [0.2, 0.25) is 5.91 Å². The van der Waals surface area contributed by atoms with Crippen molar-refractivity contribution in [2.75, 3.05) is 38.2 Å². The highest BCUT2D eigenvalue weighted by molar-refractivity contribution is 7.98. The van der Waals surface area contributed by atoms with Crippen LogP contribution in [-0.2, 0) is 4.79 Å². The molecule has 1 saturated heterocycles. The van der Waals surface area contributed by atoms with Gasteiger partial charge in [-0.3, -0.25) is 4.79 Å². The smallest absolute Gasteiger partial charge is 0.236 e. The molecule has 0 bridgehead atoms. The van der Waals surface area contributed by atoms with Gasteiger partial charge in [0.15, 0.2) is 0 Å². The Bertz CT molecular complexity index is 261. The first kappa shape index (κ1) is 20.0. The van der Waals surface area contributed by atoms with Crippen molar-refractivity contribution >= 4 is 30.1 Å². The summed E-state index contributed by atoms with van der Waals surface area (Å²) in [6.07, 6.45) is 6.42. The summed E-state index contributed by atoms with van der Waals surface area (Å²) in [5.74, 6) is 1.60. The summed E-state index contributed by atoms with van der Waals surface area (Å²) in [7, 11) is 0. The standard InChI is InChI=1S/C14H29N3OS.ClH/c1-3-7-17-8-4-12(5-9-17)11-16-14(18)13(15)6-10-19-2;/h12-13H,3-11,15H2,1-2H3,(H,16,18);1H/t13-;/m0./s1. The van der Waals surface area contributed by atoms with Gasteiger partial charge in [-0.2, -0.15) is 11.8 Å². The molecule has 0 aromatic heterocycles. The van der Waals surface area contributed by atoms with Crippen LogP contribution in [0.2, 0.25) is 0 Å². The van der Waals surface area contributed by atoms with Crippen molar-refractivity contribution in [2.24, 2.45) is 11.7 Å². The molecular formula is C14H30ClN3OS.